The van der Waals surface area contributed by atoms with Gasteiger partial charge in [-0.15, -0.1) is 0 Å². The maximum atomic E-state index is 13.6. The topological polar surface area (TPSA) is 329 Å². The summed E-state index contributed by atoms with van der Waals surface area (Å²) >= 11 is 0. The number of nitrogens with one attached hydrogen (secondary N) is 2. The fourth-order valence-electron chi connectivity index (χ4n) is 5.47. The number of carboxylic acids is 1. The number of benzene rings is 3. The number of aromatic carboxylic acids is 1. The first kappa shape index (κ1) is 37.7. The predicted octanol–water partition coefficient (Wildman–Crippen LogP) is -2.08. The molecule has 52 heavy (non-hydrogen) atoms. The monoisotopic (exact) mass is 776 g/mol. The van der Waals surface area contributed by atoms with Gasteiger partial charge >= 0.3 is 5.97 Å². The number of imide groups is 1. The highest BCUT2D eigenvalue weighted by Gasteiger charge is 2.32. The van der Waals surface area contributed by atoms with Gasteiger partial charge in [-0.2, -0.15) is 0 Å². The van der Waals surface area contributed by atoms with E-state index in [-0.39, 0.29) is 40.7 Å². The Labute approximate surface area is 294 Å². The third-order valence-electron chi connectivity index (χ3n) is 7.71. The molecular formula is C30H26N5O14S3-. The number of amides is 3. The first-order valence-electron chi connectivity index (χ1n) is 14.7. The normalized spacial score (nSPS) is 13.7. The van der Waals surface area contributed by atoms with Gasteiger partial charge < -0.3 is 29.7 Å². The zero-order valence-corrected chi connectivity index (χ0v) is 28.8. The molecule has 1 aliphatic carbocycles. The maximum absolute atomic E-state index is 13.6. The molecule has 274 valence electrons. The number of hydrogen-bond acceptors (Lipinski definition) is 14. The summed E-state index contributed by atoms with van der Waals surface area (Å²) in [6.45, 7) is -0.980. The Hall–Kier alpha value is -5.52. The number of carbonyl (C=O) groups excluding carboxylic acids is 3. The van der Waals surface area contributed by atoms with E-state index in [2.05, 4.69) is 10.0 Å². The van der Waals surface area contributed by atoms with Gasteiger partial charge in [-0.05, 0) is 48.4 Å². The quantitative estimate of drug-likeness (QED) is 0.0320. The van der Waals surface area contributed by atoms with Crippen LogP contribution in [0.25, 0.3) is 33.4 Å². The first-order chi connectivity index (χ1) is 24.2. The minimum atomic E-state index is -5.48. The Morgan fingerprint density at radius 2 is 1.58 bits per heavy atom. The Morgan fingerprint density at radius 1 is 0.904 bits per heavy atom. The summed E-state index contributed by atoms with van der Waals surface area (Å²) in [5.74, 6) is -5.24. The van der Waals surface area contributed by atoms with E-state index in [9.17, 15) is 58.6 Å². The van der Waals surface area contributed by atoms with Crippen LogP contribution in [0.3, 0.4) is 0 Å². The minimum Gasteiger partial charge on any atom is -0.748 e. The first-order valence-corrected chi connectivity index (χ1v) is 19.2. The van der Waals surface area contributed by atoms with Crippen molar-refractivity contribution in [3.05, 3.63) is 71.1 Å². The second-order valence-corrected chi connectivity index (χ2v) is 15.7. The lowest BCUT2D eigenvalue weighted by Crippen LogP contribution is -2.47. The average Bonchev–Trinajstić information content (AvgIpc) is 3.36. The molecule has 3 aliphatic rings. The molecule has 0 aromatic heterocycles. The van der Waals surface area contributed by atoms with Crippen LogP contribution in [-0.2, 0) is 39.8 Å². The number of fused-ring (bicyclic) bond motifs is 2. The number of hydrogen-bond donors (Lipinski definition) is 5. The SMILES string of the molecule is Nc1ccc2c(-c3cc(C(=O)NCCN4C(=O)C=CC4=O)ccc3C(=O)O)c3ccc(=[NH2+])c(S(=O)(=O)[O-])c-3oc2c1S(=O)(=O)NCCCS(=O)(=O)[O-]. The minimum absolute atomic E-state index is 0.176. The van der Waals surface area contributed by atoms with E-state index in [0.717, 1.165) is 47.4 Å². The molecule has 0 bridgehead atoms. The lowest BCUT2D eigenvalue weighted by Gasteiger charge is -2.21. The number of nitrogens with two attached hydrogens (primary N) is 2. The van der Waals surface area contributed by atoms with E-state index in [1.165, 1.54) is 12.1 Å². The molecule has 0 fully saturated rings. The molecule has 19 nitrogen and oxygen atoms in total. The van der Waals surface area contributed by atoms with Gasteiger partial charge in [0.2, 0.25) is 15.4 Å². The summed E-state index contributed by atoms with van der Waals surface area (Å²) in [5, 5.41) is 17.7. The molecular weight excluding hydrogens is 751 g/mol. The molecule has 7 N–H and O–H groups in total. The number of nitrogen functional groups attached to an aromatic ring is 1. The van der Waals surface area contributed by atoms with Crippen LogP contribution in [-0.4, -0.2) is 93.4 Å². The molecule has 0 radical (unpaired) electrons. The Morgan fingerprint density at radius 3 is 2.19 bits per heavy atom. The third kappa shape index (κ3) is 7.56. The third-order valence-corrected chi connectivity index (χ3v) is 11.0. The smallest absolute Gasteiger partial charge is 0.336 e. The van der Waals surface area contributed by atoms with E-state index in [1.807, 2.05) is 0 Å². The van der Waals surface area contributed by atoms with E-state index in [4.69, 9.17) is 15.6 Å². The molecule has 22 heteroatoms. The van der Waals surface area contributed by atoms with Crippen molar-refractivity contribution in [1.29, 1.82) is 0 Å². The highest BCUT2D eigenvalue weighted by molar-refractivity contribution is 7.90. The zero-order valence-electron chi connectivity index (χ0n) is 26.3. The molecule has 2 aliphatic heterocycles. The summed E-state index contributed by atoms with van der Waals surface area (Å²) in [6, 6.07) is 7.78. The number of nitrogens with zero attached hydrogens (tertiary/aromatic N) is 1. The Kier molecular flexibility index (Phi) is 10.1. The fraction of sp³-hybridized carbons (Fsp3) is 0.167. The predicted molar refractivity (Wildman–Crippen MR) is 175 cm³/mol. The lowest BCUT2D eigenvalue weighted by atomic mass is 9.89. The van der Waals surface area contributed by atoms with Gasteiger partial charge in [0.25, 0.3) is 17.7 Å². The van der Waals surface area contributed by atoms with Crippen molar-refractivity contribution in [2.75, 3.05) is 31.1 Å². The van der Waals surface area contributed by atoms with E-state index in [1.54, 1.807) is 0 Å². The zero-order chi connectivity index (χ0) is 38.3. The number of sulfonamides is 1. The maximum Gasteiger partial charge on any atom is 0.336 e. The van der Waals surface area contributed by atoms with Crippen LogP contribution >= 0.6 is 0 Å². The van der Waals surface area contributed by atoms with Crippen LogP contribution in [0.2, 0.25) is 0 Å². The second kappa shape index (κ2) is 13.9. The van der Waals surface area contributed by atoms with Gasteiger partial charge in [-0.25, -0.2) is 34.8 Å². The van der Waals surface area contributed by atoms with Crippen molar-refractivity contribution < 1.29 is 68.5 Å². The highest BCUT2D eigenvalue weighted by atomic mass is 32.2. The molecule has 0 unspecified atom stereocenters. The number of carbonyl (C=O) groups is 4. The summed E-state index contributed by atoms with van der Waals surface area (Å²) in [4.78, 5) is 48.4. The number of carboxylic acid groups (broad SMARTS) is 1. The van der Waals surface area contributed by atoms with Crippen molar-refractivity contribution >= 4 is 70.6 Å². The van der Waals surface area contributed by atoms with Crippen molar-refractivity contribution in [2.24, 2.45) is 0 Å². The molecule has 2 heterocycles. The van der Waals surface area contributed by atoms with Gasteiger partial charge in [0.15, 0.2) is 16.2 Å². The van der Waals surface area contributed by atoms with Crippen molar-refractivity contribution in [3.63, 3.8) is 0 Å². The number of rotatable bonds is 13. The van der Waals surface area contributed by atoms with Crippen LogP contribution < -0.4 is 26.5 Å². The molecule has 2 aromatic carbocycles. The molecule has 5 rings (SSSR count). The van der Waals surface area contributed by atoms with Gasteiger partial charge in [0, 0.05) is 65.7 Å². The standard InChI is InChI=1S/C30H27N5O14S3/c31-20-6-4-17-24(19-14-15(2-3-16(19)30(39)40)29(38)33-11-12-35-22(36)8-9-23(35)37)18-5-7-21(32)28(52(46,47)48)26(18)49-25(17)27(20)51(44,45)34-10-1-13-50(41,42)43/h2-9,14,32,34H,1,10-13,31H2,(H,33,38)(H,39,40)(H,41,42,43)(H,46,47,48)/p-1. The largest absolute Gasteiger partial charge is 0.748 e. The summed E-state index contributed by atoms with van der Waals surface area (Å²) < 4.78 is 106. The Bertz CT molecular complexity index is 2580. The second-order valence-electron chi connectivity index (χ2n) is 11.1. The Balaban J connectivity index is 1.74. The fourth-order valence-corrected chi connectivity index (χ4v) is 8.03. The average molecular weight is 777 g/mol. The van der Waals surface area contributed by atoms with Crippen molar-refractivity contribution in [3.8, 4) is 22.5 Å². The van der Waals surface area contributed by atoms with E-state index >= 15 is 0 Å². The van der Waals surface area contributed by atoms with E-state index in [0.29, 0.717) is 0 Å². The van der Waals surface area contributed by atoms with Crippen molar-refractivity contribution in [1.82, 2.24) is 14.9 Å². The summed E-state index contributed by atoms with van der Waals surface area (Å²) in [6.07, 6.45) is 1.66. The summed E-state index contributed by atoms with van der Waals surface area (Å²) in [5.41, 5.74) is 3.44. The van der Waals surface area contributed by atoms with E-state index < -0.39 is 110 Å². The van der Waals surface area contributed by atoms with Gasteiger partial charge in [-0.3, -0.25) is 24.7 Å². The molecule has 0 spiro atoms. The molecule has 0 saturated heterocycles. The van der Waals surface area contributed by atoms with Crippen LogP contribution in [0.4, 0.5) is 5.69 Å². The molecule has 0 saturated carbocycles. The van der Waals surface area contributed by atoms with Gasteiger partial charge in [0.1, 0.15) is 15.0 Å². The highest BCUT2D eigenvalue weighted by Crippen LogP contribution is 2.45. The molecule has 0 atom stereocenters. The van der Waals surface area contributed by atoms with Crippen LogP contribution in [0.1, 0.15) is 27.1 Å². The van der Waals surface area contributed by atoms with Crippen LogP contribution in [0.15, 0.2) is 68.8 Å². The number of anilines is 1. The van der Waals surface area contributed by atoms with Gasteiger partial charge in [-0.1, -0.05) is 0 Å². The lowest BCUT2D eigenvalue weighted by molar-refractivity contribution is -0.176. The van der Waals surface area contributed by atoms with Gasteiger partial charge in [0.05, 0.1) is 21.4 Å². The summed E-state index contributed by atoms with van der Waals surface area (Å²) in [7, 11) is -15.0. The van der Waals surface area contributed by atoms with Crippen LogP contribution in [0.5, 0.6) is 0 Å². The molecule has 2 aromatic rings. The molecule has 3 amide bonds. The van der Waals surface area contributed by atoms with Crippen LogP contribution in [0, 0.1) is 0 Å². The van der Waals surface area contributed by atoms with Crippen molar-refractivity contribution in [2.45, 2.75) is 16.2 Å².